The van der Waals surface area contributed by atoms with Crippen LogP contribution in [0.2, 0.25) is 0 Å². The number of alkyl carbamates (subject to hydrolysis) is 1. The number of methoxy groups -OCH3 is 1. The fourth-order valence-corrected chi connectivity index (χ4v) is 7.67. The second kappa shape index (κ2) is 12.7. The molecule has 4 aromatic heterocycles. The summed E-state index contributed by atoms with van der Waals surface area (Å²) >= 11 is 0. The predicted octanol–water partition coefficient (Wildman–Crippen LogP) is 2.65. The molecule has 3 aliphatic rings. The van der Waals surface area contributed by atoms with E-state index in [-0.39, 0.29) is 48.7 Å². The van der Waals surface area contributed by atoms with Crippen molar-refractivity contribution in [3.63, 3.8) is 0 Å². The average molecular weight is 707 g/mol. The van der Waals surface area contributed by atoms with Crippen molar-refractivity contribution < 1.29 is 39.5 Å². The van der Waals surface area contributed by atoms with Crippen molar-refractivity contribution in [3.8, 4) is 0 Å². The maximum Gasteiger partial charge on any atom is 0.409 e. The highest BCUT2D eigenvalue weighted by Gasteiger charge is 2.49. The fourth-order valence-electron chi connectivity index (χ4n) is 7.67. The minimum absolute atomic E-state index is 0.0763. The summed E-state index contributed by atoms with van der Waals surface area (Å²) in [5.41, 5.74) is -1.02. The molecular weight excluding hydrogens is 664 g/mol. The number of hydrogen-bond donors (Lipinski definition) is 6. The molecule has 1 amide bonds. The minimum atomic E-state index is -3.56. The van der Waals surface area contributed by atoms with Crippen LogP contribution < -0.4 is 16.3 Å². The van der Waals surface area contributed by atoms with Gasteiger partial charge in [-0.3, -0.25) is 9.88 Å². The van der Waals surface area contributed by atoms with Crippen LogP contribution in [0.5, 0.6) is 0 Å². The molecule has 0 bridgehead atoms. The van der Waals surface area contributed by atoms with Crippen LogP contribution in [0, 0.1) is 5.92 Å². The molecule has 2 fully saturated rings. The number of allylic oxidation sites excluding steroid dienone is 2. The summed E-state index contributed by atoms with van der Waals surface area (Å²) < 4.78 is 13.4. The van der Waals surface area contributed by atoms with Crippen LogP contribution in [0.25, 0.3) is 27.6 Å². The number of imidazole rings is 1. The van der Waals surface area contributed by atoms with E-state index >= 15 is 0 Å². The number of carbonyl (C=O) groups excluding carboxylic acids is 2. The Morgan fingerprint density at radius 1 is 1.10 bits per heavy atom. The number of rotatable bonds is 9. The molecule has 3 unspecified atom stereocenters. The number of carbonyl (C=O) groups is 2. The molecule has 0 aliphatic heterocycles. The SMILES string of the molecule is CCOC(=O)C1(n2ncc3c(C4=CCC(C)CC4)cc(Nc4cc5c(cn4)n(C(O)(O)O)c(=O)n5C4CCC(O)(NC(=O)OC)C4)nc32)CCC1. The number of nitrogens with one attached hydrogen (secondary N) is 2. The summed E-state index contributed by atoms with van der Waals surface area (Å²) in [5, 5.41) is 52.6. The maximum atomic E-state index is 13.6. The van der Waals surface area contributed by atoms with Crippen LogP contribution >= 0.6 is 0 Å². The van der Waals surface area contributed by atoms with Gasteiger partial charge in [0.15, 0.2) is 11.2 Å². The number of hydrogen-bond acceptors (Lipinski definition) is 13. The van der Waals surface area contributed by atoms with Crippen LogP contribution in [-0.4, -0.2) is 80.8 Å². The number of aliphatic hydroxyl groups is 4. The first-order chi connectivity index (χ1) is 24.3. The van der Waals surface area contributed by atoms with Gasteiger partial charge in [-0.1, -0.05) is 13.0 Å². The van der Waals surface area contributed by atoms with Crippen molar-refractivity contribution in [1.82, 2.24) is 34.2 Å². The fraction of sp³-hybridized carbons (Fsp3) is 0.529. The standard InChI is InChI=1S/C34H42N8O9/c1-4-51-29(43)32(11-5-12-32)42-28-23(17-36-42)22(20-8-6-19(2)7-9-20)14-27(38-28)37-26-15-24-25(18-35-26)41(34(47,48)49)31(45)40(24)21-10-13-33(46,16-21)39-30(44)50-3/h8,14-15,17-19,21,46-49H,4-7,9-13,16H2,1-3H3,(H,39,44)(H,35,37,38). The van der Waals surface area contributed by atoms with E-state index in [1.807, 2.05) is 6.07 Å². The zero-order valence-corrected chi connectivity index (χ0v) is 28.6. The van der Waals surface area contributed by atoms with Crippen molar-refractivity contribution >= 4 is 51.3 Å². The van der Waals surface area contributed by atoms with Crippen LogP contribution in [0.3, 0.4) is 0 Å². The normalized spacial score (nSPS) is 23.2. The van der Waals surface area contributed by atoms with Crippen molar-refractivity contribution in [1.29, 1.82) is 0 Å². The molecule has 7 rings (SSSR count). The number of nitrogens with zero attached hydrogens (tertiary/aromatic N) is 6. The van der Waals surface area contributed by atoms with Crippen LogP contribution in [0.15, 0.2) is 35.4 Å². The van der Waals surface area contributed by atoms with Gasteiger partial charge in [-0.05, 0) is 81.4 Å². The number of fused-ring (bicyclic) bond motifs is 2. The maximum absolute atomic E-state index is 13.6. The van der Waals surface area contributed by atoms with Crippen molar-refractivity contribution in [2.75, 3.05) is 19.0 Å². The van der Waals surface area contributed by atoms with Crippen LogP contribution in [0.4, 0.5) is 16.4 Å². The van der Waals surface area contributed by atoms with Crippen molar-refractivity contribution in [3.05, 3.63) is 46.7 Å². The quantitative estimate of drug-likeness (QED) is 0.109. The number of ether oxygens (including phenoxy) is 2. The van der Waals surface area contributed by atoms with Gasteiger partial charge in [-0.25, -0.2) is 33.6 Å². The number of anilines is 2. The third-order valence-corrected chi connectivity index (χ3v) is 10.5. The smallest absolute Gasteiger partial charge is 0.409 e. The number of amides is 1. The van der Waals surface area contributed by atoms with E-state index < -0.39 is 35.2 Å². The highest BCUT2D eigenvalue weighted by molar-refractivity contribution is 5.93. The summed E-state index contributed by atoms with van der Waals surface area (Å²) in [6, 6.07) is 2.67. The molecule has 17 nitrogen and oxygen atoms in total. The Hall–Kier alpha value is -4.84. The summed E-state index contributed by atoms with van der Waals surface area (Å²) in [6.45, 7) is 4.22. The molecule has 4 aromatic rings. The van der Waals surface area contributed by atoms with Gasteiger partial charge in [0.05, 0.1) is 37.1 Å². The van der Waals surface area contributed by atoms with Crippen molar-refractivity contribution in [2.24, 2.45) is 5.92 Å². The Balaban J connectivity index is 1.33. The van der Waals surface area contributed by atoms with E-state index in [0.29, 0.717) is 34.8 Å². The summed E-state index contributed by atoms with van der Waals surface area (Å²) in [4.78, 5) is 48.2. The molecule has 17 heteroatoms. The molecule has 272 valence electrons. The topological polar surface area (TPSA) is 228 Å². The lowest BCUT2D eigenvalue weighted by atomic mass is 9.76. The first-order valence-electron chi connectivity index (χ1n) is 17.2. The van der Waals surface area contributed by atoms with Gasteiger partial charge in [0.2, 0.25) is 0 Å². The Bertz CT molecular complexity index is 2110. The van der Waals surface area contributed by atoms with Crippen molar-refractivity contribution in [2.45, 2.75) is 95.0 Å². The Kier molecular flexibility index (Phi) is 8.64. The highest BCUT2D eigenvalue weighted by Crippen LogP contribution is 2.44. The molecule has 3 aliphatic carbocycles. The van der Waals surface area contributed by atoms with Gasteiger partial charge < -0.3 is 35.2 Å². The molecule has 51 heavy (non-hydrogen) atoms. The number of pyridine rings is 2. The van der Waals surface area contributed by atoms with E-state index in [0.717, 1.165) is 49.3 Å². The molecule has 0 saturated heterocycles. The summed E-state index contributed by atoms with van der Waals surface area (Å²) in [6.07, 6.45) is 5.72. The van der Waals surface area contributed by atoms with Crippen LogP contribution in [-0.2, 0) is 25.9 Å². The Morgan fingerprint density at radius 3 is 2.53 bits per heavy atom. The lowest BCUT2D eigenvalue weighted by Gasteiger charge is -2.39. The molecule has 2 saturated carbocycles. The van der Waals surface area contributed by atoms with Gasteiger partial charge in [-0.15, -0.1) is 0 Å². The third-order valence-electron chi connectivity index (χ3n) is 10.5. The van der Waals surface area contributed by atoms with Gasteiger partial charge in [0.1, 0.15) is 17.4 Å². The largest absolute Gasteiger partial charge is 0.464 e. The molecule has 6 N–H and O–H groups in total. The summed E-state index contributed by atoms with van der Waals surface area (Å²) in [5.74, 6) is 0.816. The average Bonchev–Trinajstić information content (AvgIpc) is 3.73. The molecule has 3 atom stereocenters. The summed E-state index contributed by atoms with van der Waals surface area (Å²) in [7, 11) is 1.16. The Morgan fingerprint density at radius 2 is 1.88 bits per heavy atom. The lowest BCUT2D eigenvalue weighted by molar-refractivity contribution is -0.374. The zero-order valence-electron chi connectivity index (χ0n) is 28.6. The van der Waals surface area contributed by atoms with Gasteiger partial charge in [-0.2, -0.15) is 5.10 Å². The molecular formula is C34H42N8O9. The Labute approximate surface area is 291 Å². The molecule has 4 heterocycles. The zero-order chi connectivity index (χ0) is 36.3. The molecule has 0 aromatic carbocycles. The number of aromatic nitrogens is 6. The molecule has 0 radical (unpaired) electrons. The van der Waals surface area contributed by atoms with E-state index in [4.69, 9.17) is 14.8 Å². The number of esters is 1. The van der Waals surface area contributed by atoms with Gasteiger partial charge >= 0.3 is 23.8 Å². The van der Waals surface area contributed by atoms with Gasteiger partial charge in [0.25, 0.3) is 0 Å². The third kappa shape index (κ3) is 6.03. The second-order valence-corrected chi connectivity index (χ2v) is 13.9. The van der Waals surface area contributed by atoms with E-state index in [9.17, 15) is 34.8 Å². The first kappa shape index (κ1) is 34.6. The molecule has 0 spiro atoms. The van der Waals surface area contributed by atoms with Crippen LogP contribution in [0.1, 0.15) is 83.2 Å². The van der Waals surface area contributed by atoms with E-state index in [2.05, 4.69) is 33.4 Å². The van der Waals surface area contributed by atoms with Gasteiger partial charge in [0, 0.05) is 23.9 Å². The lowest BCUT2D eigenvalue weighted by Crippen LogP contribution is -2.49. The van der Waals surface area contributed by atoms with E-state index in [1.54, 1.807) is 17.8 Å². The predicted molar refractivity (Wildman–Crippen MR) is 182 cm³/mol. The second-order valence-electron chi connectivity index (χ2n) is 13.9. The first-order valence-corrected chi connectivity index (χ1v) is 17.2. The monoisotopic (exact) mass is 706 g/mol. The minimum Gasteiger partial charge on any atom is -0.464 e. The highest BCUT2D eigenvalue weighted by atomic mass is 16.7. The van der Waals surface area contributed by atoms with E-state index in [1.165, 1.54) is 16.8 Å².